The number of nitrogens with one attached hydrogen (secondary N) is 2. The Morgan fingerprint density at radius 2 is 2.00 bits per heavy atom. The number of fused-ring (bicyclic) bond motifs is 1. The van der Waals surface area contributed by atoms with Gasteiger partial charge in [-0.25, -0.2) is 18.7 Å². The maximum Gasteiger partial charge on any atom is 0.227 e. The highest BCUT2D eigenvalue weighted by atomic mass is 19.1. The number of halogens is 2. The first-order chi connectivity index (χ1) is 13.5. The molecule has 4 aromatic rings. The van der Waals surface area contributed by atoms with E-state index in [0.29, 0.717) is 22.7 Å². The monoisotopic (exact) mass is 382 g/mol. The van der Waals surface area contributed by atoms with Gasteiger partial charge < -0.3 is 15.2 Å². The second kappa shape index (κ2) is 7.14. The average Bonchev–Trinajstić information content (AvgIpc) is 3.06. The van der Waals surface area contributed by atoms with E-state index in [1.54, 1.807) is 36.3 Å². The zero-order valence-electron chi connectivity index (χ0n) is 15.1. The van der Waals surface area contributed by atoms with E-state index in [1.807, 2.05) is 13.1 Å². The molecule has 0 aromatic carbocycles. The molecular weight excluding hydrogens is 366 g/mol. The summed E-state index contributed by atoms with van der Waals surface area (Å²) >= 11 is 0. The van der Waals surface area contributed by atoms with Crippen molar-refractivity contribution < 1.29 is 8.78 Å². The van der Waals surface area contributed by atoms with Crippen molar-refractivity contribution in [2.24, 2.45) is 7.05 Å². The Kier molecular flexibility index (Phi) is 4.52. The van der Waals surface area contributed by atoms with Crippen LogP contribution in [-0.2, 0) is 7.05 Å². The number of imidazole rings is 1. The number of hydrogen-bond donors (Lipinski definition) is 2. The first kappa shape index (κ1) is 17.7. The predicted octanol–water partition coefficient (Wildman–Crippen LogP) is 3.35. The molecular formula is C18H16F2N8. The number of pyridine rings is 2. The minimum Gasteiger partial charge on any atom is -0.346 e. The highest BCUT2D eigenvalue weighted by Gasteiger charge is 2.16. The molecule has 0 saturated heterocycles. The van der Waals surface area contributed by atoms with Crippen molar-refractivity contribution in [3.8, 4) is 0 Å². The minimum atomic E-state index is -0.745. The first-order valence-corrected chi connectivity index (χ1v) is 8.45. The number of aromatic nitrogens is 6. The van der Waals surface area contributed by atoms with Crippen molar-refractivity contribution in [3.63, 3.8) is 0 Å². The average molecular weight is 382 g/mol. The maximum atomic E-state index is 14.0. The Labute approximate surface area is 158 Å². The number of nitrogens with zero attached hydrogens (tertiary/aromatic N) is 6. The van der Waals surface area contributed by atoms with E-state index in [-0.39, 0.29) is 11.6 Å². The van der Waals surface area contributed by atoms with Crippen molar-refractivity contribution in [2.75, 3.05) is 10.6 Å². The van der Waals surface area contributed by atoms with Gasteiger partial charge in [-0.3, -0.25) is 4.98 Å². The molecule has 0 radical (unpaired) electrons. The third-order valence-electron chi connectivity index (χ3n) is 4.01. The second-order valence-electron chi connectivity index (χ2n) is 6.21. The van der Waals surface area contributed by atoms with Gasteiger partial charge in [0.2, 0.25) is 5.95 Å². The van der Waals surface area contributed by atoms with Crippen LogP contribution in [0.15, 0.2) is 43.1 Å². The molecule has 0 spiro atoms. The van der Waals surface area contributed by atoms with Gasteiger partial charge >= 0.3 is 0 Å². The van der Waals surface area contributed by atoms with Gasteiger partial charge in [0.1, 0.15) is 23.3 Å². The van der Waals surface area contributed by atoms with E-state index in [0.717, 1.165) is 12.3 Å². The van der Waals surface area contributed by atoms with E-state index in [2.05, 4.69) is 35.6 Å². The maximum absolute atomic E-state index is 14.0. The molecule has 28 heavy (non-hydrogen) atoms. The number of anilines is 3. The molecule has 142 valence electrons. The van der Waals surface area contributed by atoms with E-state index < -0.39 is 17.7 Å². The third-order valence-corrected chi connectivity index (χ3v) is 4.01. The molecule has 0 aliphatic rings. The summed E-state index contributed by atoms with van der Waals surface area (Å²) in [6, 6.07) is 3.81. The van der Waals surface area contributed by atoms with Gasteiger partial charge in [-0.1, -0.05) is 0 Å². The summed E-state index contributed by atoms with van der Waals surface area (Å²) in [4.78, 5) is 21.2. The quantitative estimate of drug-likeness (QED) is 0.547. The van der Waals surface area contributed by atoms with Gasteiger partial charge in [-0.2, -0.15) is 9.97 Å². The number of aryl methyl sites for hydroxylation is 1. The summed E-state index contributed by atoms with van der Waals surface area (Å²) in [6.07, 6.45) is 6.05. The van der Waals surface area contributed by atoms with Crippen LogP contribution in [0, 0.1) is 11.6 Å². The summed E-state index contributed by atoms with van der Waals surface area (Å²) in [5.74, 6) is -0.148. The molecule has 0 aliphatic carbocycles. The van der Waals surface area contributed by atoms with Crippen molar-refractivity contribution >= 4 is 28.6 Å². The normalized spacial score (nSPS) is 12.1. The van der Waals surface area contributed by atoms with Crippen molar-refractivity contribution in [3.05, 3.63) is 60.4 Å². The fourth-order valence-corrected chi connectivity index (χ4v) is 2.73. The summed E-state index contributed by atoms with van der Waals surface area (Å²) in [5, 5.41) is 6.83. The van der Waals surface area contributed by atoms with Gasteiger partial charge in [0, 0.05) is 25.5 Å². The highest BCUT2D eigenvalue weighted by molar-refractivity contribution is 5.88. The number of rotatable bonds is 5. The Morgan fingerprint density at radius 1 is 1.14 bits per heavy atom. The number of hydrogen-bond acceptors (Lipinski definition) is 7. The van der Waals surface area contributed by atoms with E-state index in [4.69, 9.17) is 0 Å². The summed E-state index contributed by atoms with van der Waals surface area (Å²) in [6.45, 7) is 1.68. The smallest absolute Gasteiger partial charge is 0.227 e. The molecule has 0 amide bonds. The van der Waals surface area contributed by atoms with Crippen LogP contribution in [0.5, 0.6) is 0 Å². The highest BCUT2D eigenvalue weighted by Crippen LogP contribution is 2.25. The molecule has 4 heterocycles. The van der Waals surface area contributed by atoms with E-state index in [9.17, 15) is 8.78 Å². The van der Waals surface area contributed by atoms with Crippen LogP contribution in [-0.4, -0.2) is 29.5 Å². The Morgan fingerprint density at radius 3 is 2.75 bits per heavy atom. The van der Waals surface area contributed by atoms with Gasteiger partial charge in [-0.15, -0.1) is 0 Å². The topological polar surface area (TPSA) is 93.4 Å². The zero-order valence-corrected chi connectivity index (χ0v) is 15.1. The zero-order chi connectivity index (χ0) is 19.7. The van der Waals surface area contributed by atoms with Gasteiger partial charge in [0.15, 0.2) is 5.65 Å². The molecule has 4 rings (SSSR count). The van der Waals surface area contributed by atoms with Crippen LogP contribution < -0.4 is 10.6 Å². The molecule has 0 fully saturated rings. The summed E-state index contributed by atoms with van der Waals surface area (Å²) in [7, 11) is 1.86. The Hall–Kier alpha value is -3.69. The van der Waals surface area contributed by atoms with Crippen molar-refractivity contribution in [1.29, 1.82) is 0 Å². The van der Waals surface area contributed by atoms with Crippen molar-refractivity contribution in [1.82, 2.24) is 29.5 Å². The van der Waals surface area contributed by atoms with Crippen LogP contribution in [0.2, 0.25) is 0 Å². The van der Waals surface area contributed by atoms with Crippen LogP contribution in [0.3, 0.4) is 0 Å². The summed E-state index contributed by atoms with van der Waals surface area (Å²) in [5.41, 5.74) is 0.517. The lowest BCUT2D eigenvalue weighted by Crippen LogP contribution is -2.14. The Bertz CT molecular complexity index is 1140. The predicted molar refractivity (Wildman–Crippen MR) is 100 cm³/mol. The van der Waals surface area contributed by atoms with Crippen LogP contribution in [0.25, 0.3) is 11.0 Å². The third kappa shape index (κ3) is 3.56. The van der Waals surface area contributed by atoms with Crippen LogP contribution in [0.1, 0.15) is 18.7 Å². The molecule has 0 bridgehead atoms. The lowest BCUT2D eigenvalue weighted by atomic mass is 10.2. The van der Waals surface area contributed by atoms with Gasteiger partial charge in [0.25, 0.3) is 0 Å². The fourth-order valence-electron chi connectivity index (χ4n) is 2.73. The lowest BCUT2D eigenvalue weighted by Gasteiger charge is -2.15. The molecule has 8 nitrogen and oxygen atoms in total. The SMILES string of the molecule is C[C@@H](Nc1nc(Nc2cn(C)cn2)c2cccnc2n1)c1ncc(F)cc1F. The van der Waals surface area contributed by atoms with Gasteiger partial charge in [-0.05, 0) is 19.1 Å². The molecule has 0 aliphatic heterocycles. The van der Waals surface area contributed by atoms with Crippen LogP contribution >= 0.6 is 0 Å². The molecule has 4 aromatic heterocycles. The second-order valence-corrected chi connectivity index (χ2v) is 6.21. The largest absolute Gasteiger partial charge is 0.346 e. The molecule has 0 unspecified atom stereocenters. The molecule has 1 atom stereocenters. The minimum absolute atomic E-state index is 0.0605. The van der Waals surface area contributed by atoms with E-state index >= 15 is 0 Å². The fraction of sp³-hybridized carbons (Fsp3) is 0.167. The summed E-state index contributed by atoms with van der Waals surface area (Å²) < 4.78 is 28.9. The first-order valence-electron chi connectivity index (χ1n) is 8.45. The standard InChI is InChI=1S/C18H16F2N8/c1-10(15-13(20)6-11(19)7-22-15)24-18-26-16-12(4-3-5-21-16)17(27-18)25-14-8-28(2)9-23-14/h3-10H,1-2H3,(H2,21,24,25,26,27)/t10-/m1/s1. The van der Waals surface area contributed by atoms with E-state index in [1.165, 1.54) is 0 Å². The van der Waals surface area contributed by atoms with Gasteiger partial charge in [0.05, 0.1) is 29.6 Å². The lowest BCUT2D eigenvalue weighted by molar-refractivity contribution is 0.550. The molecule has 0 saturated carbocycles. The molecule has 2 N–H and O–H groups in total. The Balaban J connectivity index is 1.69. The van der Waals surface area contributed by atoms with Crippen molar-refractivity contribution in [2.45, 2.75) is 13.0 Å². The molecule has 10 heteroatoms. The van der Waals surface area contributed by atoms with Crippen LogP contribution in [0.4, 0.5) is 26.4 Å².